The highest BCUT2D eigenvalue weighted by Crippen LogP contribution is 2.34. The summed E-state index contributed by atoms with van der Waals surface area (Å²) in [7, 11) is 0. The van der Waals surface area contributed by atoms with Gasteiger partial charge in [0.05, 0.1) is 23.9 Å². The topological polar surface area (TPSA) is 61.9 Å². The van der Waals surface area contributed by atoms with Crippen LogP contribution in [0.4, 0.5) is 28.0 Å². The van der Waals surface area contributed by atoms with Gasteiger partial charge in [0.2, 0.25) is 5.91 Å². The van der Waals surface area contributed by atoms with Gasteiger partial charge in [-0.25, -0.2) is 9.18 Å². The molecule has 2 heterocycles. The van der Waals surface area contributed by atoms with Crippen LogP contribution in [0.5, 0.6) is 0 Å². The largest absolute Gasteiger partial charge is 0.418 e. The molecule has 1 aromatic heterocycles. The van der Waals surface area contributed by atoms with Gasteiger partial charge >= 0.3 is 12.2 Å². The fourth-order valence-corrected chi connectivity index (χ4v) is 4.90. The van der Waals surface area contributed by atoms with Gasteiger partial charge in [0.15, 0.2) is 0 Å². The fourth-order valence-electron chi connectivity index (χ4n) is 4.18. The molecule has 3 aromatic rings. The van der Waals surface area contributed by atoms with Crippen molar-refractivity contribution >= 4 is 29.0 Å². The van der Waals surface area contributed by atoms with Gasteiger partial charge in [0.1, 0.15) is 12.4 Å². The lowest BCUT2D eigenvalue weighted by Gasteiger charge is -2.29. The van der Waals surface area contributed by atoms with Crippen LogP contribution in [0.1, 0.15) is 28.8 Å². The SMILES string of the molecule is O=C(CN(C[C@H]1CCCO1)C(=O)Nc1ccccc1C(F)(F)F)N(Cc1ccc(F)cc1)Cc1cccs1. The molecule has 4 rings (SSSR count). The van der Waals surface area contributed by atoms with E-state index in [4.69, 9.17) is 4.74 Å². The second kappa shape index (κ2) is 12.4. The summed E-state index contributed by atoms with van der Waals surface area (Å²) in [5, 5.41) is 4.22. The highest BCUT2D eigenvalue weighted by molar-refractivity contribution is 7.09. The zero-order chi connectivity index (χ0) is 27.1. The molecule has 0 radical (unpaired) electrons. The van der Waals surface area contributed by atoms with E-state index in [9.17, 15) is 27.2 Å². The van der Waals surface area contributed by atoms with Gasteiger partial charge in [-0.1, -0.05) is 30.3 Å². The van der Waals surface area contributed by atoms with E-state index >= 15 is 0 Å². The predicted octanol–water partition coefficient (Wildman–Crippen LogP) is 6.15. The van der Waals surface area contributed by atoms with Gasteiger partial charge in [-0.05, 0) is 54.1 Å². The lowest BCUT2D eigenvalue weighted by molar-refractivity contribution is -0.137. The molecule has 1 aliphatic heterocycles. The molecule has 1 aliphatic rings. The summed E-state index contributed by atoms with van der Waals surface area (Å²) in [6.45, 7) is 0.630. The lowest BCUT2D eigenvalue weighted by Crippen LogP contribution is -2.47. The molecule has 0 unspecified atom stereocenters. The molecule has 0 saturated carbocycles. The van der Waals surface area contributed by atoms with E-state index in [1.807, 2.05) is 17.5 Å². The molecule has 0 spiro atoms. The van der Waals surface area contributed by atoms with Crippen LogP contribution in [-0.4, -0.2) is 47.5 Å². The van der Waals surface area contributed by atoms with Gasteiger partial charge in [0, 0.05) is 24.6 Å². The third-order valence-corrected chi connectivity index (χ3v) is 6.96. The molecule has 202 valence electrons. The first-order valence-electron chi connectivity index (χ1n) is 12.1. The Balaban J connectivity index is 1.54. The first-order chi connectivity index (χ1) is 18.2. The van der Waals surface area contributed by atoms with Crippen molar-refractivity contribution in [1.82, 2.24) is 9.80 Å². The average Bonchev–Trinajstić information content (AvgIpc) is 3.59. The van der Waals surface area contributed by atoms with Crippen LogP contribution in [0.25, 0.3) is 0 Å². The van der Waals surface area contributed by atoms with Crippen LogP contribution in [0.3, 0.4) is 0 Å². The minimum absolute atomic E-state index is 0.0507. The summed E-state index contributed by atoms with van der Waals surface area (Å²) < 4.78 is 59.5. The highest BCUT2D eigenvalue weighted by Gasteiger charge is 2.34. The van der Waals surface area contributed by atoms with E-state index in [2.05, 4.69) is 5.32 Å². The van der Waals surface area contributed by atoms with E-state index in [1.54, 1.807) is 17.0 Å². The molecule has 38 heavy (non-hydrogen) atoms. The van der Waals surface area contributed by atoms with E-state index in [0.29, 0.717) is 18.6 Å². The number of hydrogen-bond acceptors (Lipinski definition) is 4. The van der Waals surface area contributed by atoms with Crippen molar-refractivity contribution in [1.29, 1.82) is 0 Å². The summed E-state index contributed by atoms with van der Waals surface area (Å²) in [5.41, 5.74) is -0.672. The number of hydrogen-bond donors (Lipinski definition) is 1. The number of thiophene rings is 1. The maximum absolute atomic E-state index is 13.5. The summed E-state index contributed by atoms with van der Waals surface area (Å²) in [6.07, 6.45) is -3.52. The number of ether oxygens (including phenoxy) is 1. The van der Waals surface area contributed by atoms with Crippen molar-refractivity contribution in [3.05, 3.63) is 87.9 Å². The Labute approximate surface area is 221 Å². The monoisotopic (exact) mass is 549 g/mol. The molecule has 3 amide bonds. The molecule has 1 fully saturated rings. The molecule has 1 saturated heterocycles. The van der Waals surface area contributed by atoms with Crippen molar-refractivity contribution in [3.8, 4) is 0 Å². The zero-order valence-electron chi connectivity index (χ0n) is 20.4. The minimum Gasteiger partial charge on any atom is -0.376 e. The van der Waals surface area contributed by atoms with Gasteiger partial charge in [0.25, 0.3) is 0 Å². The fraction of sp³-hybridized carbons (Fsp3) is 0.333. The summed E-state index contributed by atoms with van der Waals surface area (Å²) in [5.74, 6) is -0.802. The maximum Gasteiger partial charge on any atom is 0.418 e. The number of anilines is 1. The molecule has 11 heteroatoms. The number of nitrogens with zero attached hydrogens (tertiary/aromatic N) is 2. The number of carbonyl (C=O) groups is 2. The Morgan fingerprint density at radius 1 is 1.00 bits per heavy atom. The molecule has 0 bridgehead atoms. The van der Waals surface area contributed by atoms with Crippen LogP contribution in [-0.2, 0) is 28.8 Å². The Morgan fingerprint density at radius 3 is 2.42 bits per heavy atom. The number of urea groups is 1. The van der Waals surface area contributed by atoms with Crippen LogP contribution in [0.2, 0.25) is 0 Å². The standard InChI is InChI=1S/C27H27F4N3O3S/c28-20-11-9-19(10-12-20)15-33(17-22-6-4-14-38-22)25(35)18-34(16-21-5-3-13-37-21)26(36)32-24-8-2-1-7-23(24)27(29,30)31/h1-2,4,6-12,14,21H,3,5,13,15-18H2,(H,32,36)/t21-/m1/s1. The number of carbonyl (C=O) groups excluding carboxylic acids is 2. The normalized spacial score (nSPS) is 15.3. The second-order valence-corrected chi connectivity index (χ2v) is 9.98. The molecular formula is C27H27F4N3O3S. The minimum atomic E-state index is -4.66. The van der Waals surface area contributed by atoms with Crippen molar-refractivity contribution in [2.45, 2.75) is 38.2 Å². The number of rotatable bonds is 9. The smallest absolute Gasteiger partial charge is 0.376 e. The van der Waals surface area contributed by atoms with Gasteiger partial charge in [-0.2, -0.15) is 13.2 Å². The van der Waals surface area contributed by atoms with Crippen LogP contribution >= 0.6 is 11.3 Å². The number of amides is 3. The van der Waals surface area contributed by atoms with Crippen molar-refractivity contribution < 1.29 is 31.9 Å². The number of para-hydroxylation sites is 1. The molecule has 0 aliphatic carbocycles. The summed E-state index contributed by atoms with van der Waals surface area (Å²) >= 11 is 1.47. The number of alkyl halides is 3. The second-order valence-electron chi connectivity index (χ2n) is 8.94. The van der Waals surface area contributed by atoms with Crippen LogP contribution in [0.15, 0.2) is 66.0 Å². The Kier molecular flexibility index (Phi) is 9.01. The van der Waals surface area contributed by atoms with Crippen molar-refractivity contribution in [2.24, 2.45) is 0 Å². The Hall–Kier alpha value is -3.44. The molecule has 1 N–H and O–H groups in total. The quantitative estimate of drug-likeness (QED) is 0.326. The molecule has 2 aromatic carbocycles. The number of halogens is 4. The Bertz CT molecular complexity index is 1210. The van der Waals surface area contributed by atoms with E-state index in [-0.39, 0.29) is 32.3 Å². The molecule has 6 nitrogen and oxygen atoms in total. The average molecular weight is 550 g/mol. The first-order valence-corrected chi connectivity index (χ1v) is 13.0. The first kappa shape index (κ1) is 27.6. The Morgan fingerprint density at radius 2 is 1.76 bits per heavy atom. The van der Waals surface area contributed by atoms with Crippen molar-refractivity contribution in [2.75, 3.05) is 25.0 Å². The van der Waals surface area contributed by atoms with E-state index in [0.717, 1.165) is 17.4 Å². The van der Waals surface area contributed by atoms with Gasteiger partial charge < -0.3 is 19.9 Å². The highest BCUT2D eigenvalue weighted by atomic mass is 32.1. The van der Waals surface area contributed by atoms with Gasteiger partial charge in [-0.15, -0.1) is 11.3 Å². The van der Waals surface area contributed by atoms with Crippen LogP contribution < -0.4 is 5.32 Å². The lowest BCUT2D eigenvalue weighted by atomic mass is 10.1. The maximum atomic E-state index is 13.5. The molecule has 1 atom stereocenters. The third kappa shape index (κ3) is 7.55. The molecular weight excluding hydrogens is 522 g/mol. The van der Waals surface area contributed by atoms with E-state index in [1.165, 1.54) is 46.6 Å². The third-order valence-electron chi connectivity index (χ3n) is 6.10. The van der Waals surface area contributed by atoms with Crippen LogP contribution in [0, 0.1) is 5.82 Å². The summed E-state index contributed by atoms with van der Waals surface area (Å²) in [4.78, 5) is 30.4. The van der Waals surface area contributed by atoms with E-state index < -0.39 is 35.2 Å². The zero-order valence-corrected chi connectivity index (χ0v) is 21.2. The van der Waals surface area contributed by atoms with Crippen molar-refractivity contribution in [3.63, 3.8) is 0 Å². The summed E-state index contributed by atoms with van der Waals surface area (Å²) in [6, 6.07) is 13.4. The predicted molar refractivity (Wildman–Crippen MR) is 136 cm³/mol. The van der Waals surface area contributed by atoms with Gasteiger partial charge in [-0.3, -0.25) is 4.79 Å². The number of nitrogens with one attached hydrogen (secondary N) is 1. The number of benzene rings is 2.